The topological polar surface area (TPSA) is 497 Å². The number of aryl methyl sites for hydroxylation is 2. The Morgan fingerprint density at radius 3 is 1.27 bits per heavy atom. The molecule has 0 aliphatic heterocycles. The number of hydrogen-bond donors (Lipinski definition) is 5. The van der Waals surface area contributed by atoms with E-state index < -0.39 is 63.2 Å². The van der Waals surface area contributed by atoms with Crippen molar-refractivity contribution in [3.8, 4) is 28.8 Å². The van der Waals surface area contributed by atoms with Gasteiger partial charge in [-0.2, -0.15) is 8.42 Å². The molecule has 44 heteroatoms. The van der Waals surface area contributed by atoms with E-state index >= 15 is 0 Å². The molecule has 0 fully saturated rings. The third-order valence-corrected chi connectivity index (χ3v) is 20.6. The van der Waals surface area contributed by atoms with Gasteiger partial charge in [-0.3, -0.25) is 39.7 Å². The Morgan fingerprint density at radius 2 is 0.868 bits per heavy atom. The second-order valence-corrected chi connectivity index (χ2v) is 33.4. The predicted octanol–water partition coefficient (Wildman–Crippen LogP) is 20.9. The average Bonchev–Trinajstić information content (AvgIpc) is 1.52. The fraction of sp³-hybridized carbons (Fsp3) is 0.106. The molecule has 668 valence electrons. The summed E-state index contributed by atoms with van der Waals surface area (Å²) in [7, 11) is 1.89. The quantitative estimate of drug-likeness (QED) is 0.00713. The number of aromatic nitrogens is 7. The Hall–Kier alpha value is -11.1. The standard InChI is InChI=1S/C19H14BrN3O.C18H14BrN3O3.C18H16BrN3O.C12H9BrN2O5S.C7H7ClO2S.C5H3BrN2O3.C4H10O3.2CN.Ar.H3N.Zn/c20-15-10-18-19(21-11-15)23(13-22-18)16-6-8-17(9-7-16)24-12-14-4-2-1-3-5-14;19-14-10-17(22(23)24)18(20-11-14)21-15-6-8-16(9-7-15)25-12-13-4-2-1-3-5-13;19-14-10-17(20)18(21-11-14)22-15-6-8-16(9-7-15)23-12-13-4-2-1-3-5-13;1-8-2-4-10(5-3-8)21(18,19)20-12-11(15(16)17)6-9(13)7-14-12;1-6-2-4-7(5-3-6)11(8,9)10;6-3-1-4(8(10)11)5(9)7-2-3;1-5-4(6-2)7-3;2*1-2;;;/h1-11,13H,12H2;1-11H,12H2,(H,20,21);1-11H,12,20H2,(H,21,22);2-7H,1H3;2-5H,1H3;1-2H,(H,7,9);4H,1-3H3;;;;1H3;/q;;;;;;;2*-1;;;+2. The maximum atomic E-state index is 12.1. The first kappa shape index (κ1) is 112. The van der Waals surface area contributed by atoms with Gasteiger partial charge in [0.15, 0.2) is 11.5 Å². The van der Waals surface area contributed by atoms with Crippen LogP contribution in [0.25, 0.3) is 16.9 Å². The molecule has 0 bridgehead atoms. The Labute approximate surface area is 830 Å². The molecular weight excluding hydrogens is 2140 g/mol. The van der Waals surface area contributed by atoms with E-state index in [2.05, 4.69) is 147 Å². The molecule has 0 saturated carbocycles. The monoisotopic (exact) mass is 2210 g/mol. The van der Waals surface area contributed by atoms with Crippen LogP contribution in [-0.2, 0) is 72.7 Å². The number of nitrogen functional groups attached to an aromatic ring is 1. The van der Waals surface area contributed by atoms with E-state index in [-0.39, 0.29) is 84.7 Å². The number of fused-ring (bicyclic) bond motifs is 1. The van der Waals surface area contributed by atoms with E-state index in [4.69, 9.17) is 58.5 Å². The Bertz CT molecular complexity index is 6190. The zero-order valence-corrected chi connectivity index (χ0v) is 82.4. The average molecular weight is 2210 g/mol. The number of methoxy groups -OCH3 is 3. The van der Waals surface area contributed by atoms with Crippen molar-refractivity contribution in [2.45, 2.75) is 49.9 Å². The number of nitrogens with one attached hydrogen (secondary N) is 3. The Kier molecular flexibility index (Phi) is 50.8. The summed E-state index contributed by atoms with van der Waals surface area (Å²) in [5.74, 6) is 2.60. The van der Waals surface area contributed by atoms with Gasteiger partial charge in [0.1, 0.15) is 53.8 Å². The van der Waals surface area contributed by atoms with Crippen molar-refractivity contribution in [2.75, 3.05) is 37.7 Å². The van der Waals surface area contributed by atoms with Crippen LogP contribution in [0.1, 0.15) is 27.8 Å². The van der Waals surface area contributed by atoms with Crippen LogP contribution in [0, 0.1) is 106 Å². The number of anilines is 5. The van der Waals surface area contributed by atoms with Crippen LogP contribution in [0.5, 0.6) is 23.1 Å². The number of halogens is 6. The summed E-state index contributed by atoms with van der Waals surface area (Å²) in [6.45, 7) is 14.3. The summed E-state index contributed by atoms with van der Waals surface area (Å²) in [5.41, 5.74) is 14.3. The summed E-state index contributed by atoms with van der Waals surface area (Å²) in [5, 5.41) is 50.8. The van der Waals surface area contributed by atoms with E-state index in [1.807, 2.05) is 151 Å². The van der Waals surface area contributed by atoms with Gasteiger partial charge in [0, 0.05) is 158 Å². The summed E-state index contributed by atoms with van der Waals surface area (Å²) in [6.07, 6.45) is 9.33. The zero-order chi connectivity index (χ0) is 92.3. The number of rotatable bonds is 24. The number of ether oxygens (including phenoxy) is 6. The summed E-state index contributed by atoms with van der Waals surface area (Å²) in [6, 6.07) is 72.6. The van der Waals surface area contributed by atoms with Crippen molar-refractivity contribution in [2.24, 2.45) is 0 Å². The van der Waals surface area contributed by atoms with Gasteiger partial charge in [-0.25, -0.2) is 33.3 Å². The molecule has 0 amide bonds. The molecule has 8 N–H and O–H groups in total. The molecule has 14 aromatic rings. The minimum atomic E-state index is -4.18. The number of benzene rings is 8. The summed E-state index contributed by atoms with van der Waals surface area (Å²) < 4.78 is 86.6. The van der Waals surface area contributed by atoms with Crippen molar-refractivity contribution in [3.05, 3.63) is 384 Å². The van der Waals surface area contributed by atoms with Crippen molar-refractivity contribution >= 4 is 166 Å². The first-order chi connectivity index (χ1) is 60.4. The van der Waals surface area contributed by atoms with Crippen LogP contribution in [0.4, 0.5) is 45.8 Å². The first-order valence-corrected chi connectivity index (χ1v) is 43.5. The Morgan fingerprint density at radius 1 is 0.496 bits per heavy atom. The molecule has 14 rings (SSSR count). The molecule has 0 aliphatic rings. The fourth-order valence-corrected chi connectivity index (χ4v) is 13.1. The molecule has 0 unspecified atom stereocenters. The van der Waals surface area contributed by atoms with Crippen molar-refractivity contribution < 1.29 is 121 Å². The molecule has 0 spiro atoms. The number of H-pyrrole nitrogens is 1. The fourth-order valence-electron chi connectivity index (χ4n) is 9.80. The molecule has 6 heterocycles. The van der Waals surface area contributed by atoms with Crippen LogP contribution in [0.15, 0.2) is 317 Å². The van der Waals surface area contributed by atoms with Crippen LogP contribution >= 0.6 is 90.3 Å². The van der Waals surface area contributed by atoms with Crippen LogP contribution in [0.3, 0.4) is 0 Å². The van der Waals surface area contributed by atoms with Gasteiger partial charge in [-0.1, -0.05) is 126 Å². The smallest absolute Gasteiger partial charge is 0.512 e. The number of aromatic amines is 1. The SMILES string of the molecule is Brc1cnc2c(c1)ncn2-c1ccc(OCc2ccccc2)cc1.COC(OC)OC.Cc1ccc(S(=O)(=O)Cl)cc1.Cc1ccc(S(=O)(=O)Oc2ncc(Br)cc2[N+](=O)[O-])cc1.N.Nc1cc(Br)cnc1Nc1ccc(OCc2ccccc2)cc1.O=[N+]([O-])c1cc(Br)cnc1Nc1ccc(OCc2ccccc2)cc1.O=c1[nH]cc(Br)cc1[N+](=O)[O-].[Ar].[C-]#N.[C-]#N.[Zn+2]. The van der Waals surface area contributed by atoms with Gasteiger partial charge in [0.2, 0.25) is 5.82 Å². The van der Waals surface area contributed by atoms with Gasteiger partial charge in [0.25, 0.3) is 15.5 Å². The second kappa shape index (κ2) is 58.4. The molecule has 0 saturated heterocycles. The summed E-state index contributed by atoms with van der Waals surface area (Å²) in [4.78, 5) is 63.9. The van der Waals surface area contributed by atoms with Crippen LogP contribution in [0.2, 0.25) is 0 Å². The maximum absolute atomic E-state index is 12.1. The molecule has 129 heavy (non-hydrogen) atoms. The van der Waals surface area contributed by atoms with Gasteiger partial charge < -0.3 is 83.8 Å². The first-order valence-electron chi connectivity index (χ1n) is 35.8. The van der Waals surface area contributed by atoms with E-state index in [0.29, 0.717) is 56.2 Å². The van der Waals surface area contributed by atoms with E-state index in [9.17, 15) is 52.0 Å². The number of imidazole rings is 1. The molecule has 0 aliphatic carbocycles. The summed E-state index contributed by atoms with van der Waals surface area (Å²) >= 11 is 16.0. The largest absolute Gasteiger partial charge is 2.00 e. The minimum Gasteiger partial charge on any atom is -0.512 e. The second-order valence-electron chi connectivity index (χ2n) is 24.7. The number of nitrogens with two attached hydrogens (primary N) is 1. The molecule has 34 nitrogen and oxygen atoms in total. The molecular formula is C85H76ArBr5ClN16O18S2Zn. The molecule has 8 aromatic carbocycles. The third-order valence-electron chi connectivity index (χ3n) is 15.8. The number of pyridine rings is 5. The number of hydrogen-bond acceptors (Lipinski definition) is 29. The van der Waals surface area contributed by atoms with Crippen molar-refractivity contribution in [1.82, 2.24) is 40.6 Å². The van der Waals surface area contributed by atoms with E-state index in [1.165, 1.54) is 70.3 Å². The zero-order valence-electron chi connectivity index (χ0n) is 68.5. The van der Waals surface area contributed by atoms with Gasteiger partial charge >= 0.3 is 58.1 Å². The van der Waals surface area contributed by atoms with Crippen molar-refractivity contribution in [3.63, 3.8) is 0 Å². The van der Waals surface area contributed by atoms with Gasteiger partial charge in [-0.15, -0.1) is 0 Å². The van der Waals surface area contributed by atoms with Crippen LogP contribution in [-0.4, -0.2) is 93.9 Å². The Balaban J connectivity index is 0.000000396. The normalized spacial score (nSPS) is 10.0. The predicted molar refractivity (Wildman–Crippen MR) is 496 cm³/mol. The number of nitrogens with zero attached hydrogens (tertiary/aromatic N) is 11. The van der Waals surface area contributed by atoms with Crippen LogP contribution < -0.4 is 46.5 Å². The molecule has 0 atom stereocenters. The number of nitro groups is 3. The maximum Gasteiger partial charge on any atom is 2.00 e. The van der Waals surface area contributed by atoms with Gasteiger partial charge in [0.05, 0.1) is 25.4 Å². The van der Waals surface area contributed by atoms with E-state index in [1.54, 1.807) is 74.2 Å². The third kappa shape index (κ3) is 39.0. The molecule has 6 aromatic heterocycles. The van der Waals surface area contributed by atoms with E-state index in [0.717, 1.165) is 82.9 Å². The van der Waals surface area contributed by atoms with Gasteiger partial charge in [-0.05, 0) is 219 Å². The van der Waals surface area contributed by atoms with Crippen molar-refractivity contribution in [1.29, 1.82) is 10.5 Å². The minimum absolute atomic E-state index is 0. The molecule has 0 radical (unpaired) electrons.